The van der Waals surface area contributed by atoms with Crippen molar-refractivity contribution in [3.8, 4) is 11.6 Å². The van der Waals surface area contributed by atoms with Crippen molar-refractivity contribution < 1.29 is 4.74 Å². The van der Waals surface area contributed by atoms with Gasteiger partial charge in [0.1, 0.15) is 10.9 Å². The molecule has 2 aliphatic rings. The molecule has 1 fully saturated rings. The molecule has 1 aromatic carbocycles. The lowest BCUT2D eigenvalue weighted by Crippen LogP contribution is -2.08. The molecule has 1 saturated carbocycles. The predicted molar refractivity (Wildman–Crippen MR) is 70.9 cm³/mol. The molecule has 2 aromatic rings. The van der Waals surface area contributed by atoms with Crippen LogP contribution in [-0.4, -0.2) is 10.2 Å². The van der Waals surface area contributed by atoms with Crippen LogP contribution < -0.4 is 10.2 Å². The third-order valence-corrected chi connectivity index (χ3v) is 4.09. The van der Waals surface area contributed by atoms with Crippen molar-refractivity contribution in [2.75, 3.05) is 0 Å². The minimum Gasteiger partial charge on any atom is -0.434 e. The molecule has 4 nitrogen and oxygen atoms in total. The molecule has 0 aliphatic heterocycles. The van der Waals surface area contributed by atoms with Crippen LogP contribution in [0.5, 0.6) is 11.6 Å². The van der Waals surface area contributed by atoms with Gasteiger partial charge in [0.25, 0.3) is 5.88 Å². The molecule has 2 atom stereocenters. The van der Waals surface area contributed by atoms with Crippen LogP contribution in [0.25, 0.3) is 0 Å². The van der Waals surface area contributed by atoms with Gasteiger partial charge in [0.2, 0.25) is 5.43 Å². The van der Waals surface area contributed by atoms with E-state index in [4.69, 9.17) is 16.3 Å². The lowest BCUT2D eigenvalue weighted by atomic mass is 10.1. The van der Waals surface area contributed by atoms with Gasteiger partial charge in [0.15, 0.2) is 0 Å². The zero-order chi connectivity index (χ0) is 13.0. The van der Waals surface area contributed by atoms with E-state index < -0.39 is 0 Å². The first kappa shape index (κ1) is 11.1. The minimum atomic E-state index is -0.315. The van der Waals surface area contributed by atoms with Gasteiger partial charge in [-0.3, -0.25) is 9.89 Å². The van der Waals surface area contributed by atoms with Gasteiger partial charge in [-0.25, -0.2) is 0 Å². The number of H-pyrrole nitrogens is 1. The molecule has 0 amide bonds. The Bertz CT molecular complexity index is 726. The van der Waals surface area contributed by atoms with Crippen LogP contribution in [-0.2, 0) is 6.42 Å². The van der Waals surface area contributed by atoms with Gasteiger partial charge in [-0.15, -0.1) is 5.10 Å². The molecule has 19 heavy (non-hydrogen) atoms. The van der Waals surface area contributed by atoms with Crippen molar-refractivity contribution in [3.05, 3.63) is 50.8 Å². The number of aromatic nitrogens is 2. The number of fused-ring (bicyclic) bond motifs is 3. The van der Waals surface area contributed by atoms with E-state index in [0.29, 0.717) is 5.92 Å². The fourth-order valence-electron chi connectivity index (χ4n) is 2.91. The molecular formula is C14H11ClN2O2. The van der Waals surface area contributed by atoms with Crippen LogP contribution in [0.4, 0.5) is 0 Å². The van der Waals surface area contributed by atoms with Crippen LogP contribution in [0.3, 0.4) is 0 Å². The minimum absolute atomic E-state index is 0.0402. The second-order valence-electron chi connectivity index (χ2n) is 5.12. The SMILES string of the molecule is O=c1cc(Cl)[nH]nc1Oc1cccc2c1CC1CC21. The average Bonchev–Trinajstić information content (AvgIpc) is 3.06. The smallest absolute Gasteiger partial charge is 0.285 e. The van der Waals surface area contributed by atoms with Crippen LogP contribution in [0, 0.1) is 5.92 Å². The van der Waals surface area contributed by atoms with E-state index in [9.17, 15) is 4.79 Å². The van der Waals surface area contributed by atoms with Crippen molar-refractivity contribution in [3.63, 3.8) is 0 Å². The average molecular weight is 275 g/mol. The van der Waals surface area contributed by atoms with Crippen molar-refractivity contribution in [2.45, 2.75) is 18.8 Å². The first-order chi connectivity index (χ1) is 9.22. The summed E-state index contributed by atoms with van der Waals surface area (Å²) in [5, 5.41) is 6.58. The molecule has 0 radical (unpaired) electrons. The molecule has 1 N–H and O–H groups in total. The van der Waals surface area contributed by atoms with Crippen molar-refractivity contribution in [2.24, 2.45) is 5.92 Å². The molecule has 4 rings (SSSR count). The monoisotopic (exact) mass is 274 g/mol. The summed E-state index contributed by atoms with van der Waals surface area (Å²) in [6.07, 6.45) is 2.33. The maximum Gasteiger partial charge on any atom is 0.285 e. The number of nitrogens with zero attached hydrogens (tertiary/aromatic N) is 1. The fourth-order valence-corrected chi connectivity index (χ4v) is 3.05. The number of nitrogens with one attached hydrogen (secondary N) is 1. The Labute approximate surface area is 114 Å². The topological polar surface area (TPSA) is 55.0 Å². The molecule has 0 saturated heterocycles. The van der Waals surface area contributed by atoms with Crippen molar-refractivity contribution in [1.82, 2.24) is 10.2 Å². The van der Waals surface area contributed by atoms with Gasteiger partial charge in [-0.05, 0) is 41.9 Å². The lowest BCUT2D eigenvalue weighted by Gasteiger charge is -2.10. The Hall–Kier alpha value is -1.81. The molecule has 1 heterocycles. The van der Waals surface area contributed by atoms with Gasteiger partial charge in [0.05, 0.1) is 0 Å². The summed E-state index contributed by atoms with van der Waals surface area (Å²) in [6, 6.07) is 7.28. The Balaban J connectivity index is 1.73. The van der Waals surface area contributed by atoms with E-state index >= 15 is 0 Å². The summed E-state index contributed by atoms with van der Waals surface area (Å²) < 4.78 is 5.66. The number of hydrogen-bond donors (Lipinski definition) is 1. The van der Waals surface area contributed by atoms with Crippen molar-refractivity contribution >= 4 is 11.6 Å². The van der Waals surface area contributed by atoms with Gasteiger partial charge < -0.3 is 4.74 Å². The summed E-state index contributed by atoms with van der Waals surface area (Å²) in [6.45, 7) is 0. The first-order valence-electron chi connectivity index (χ1n) is 6.27. The molecule has 1 aromatic heterocycles. The summed E-state index contributed by atoms with van der Waals surface area (Å²) in [7, 11) is 0. The van der Waals surface area contributed by atoms with Crippen molar-refractivity contribution in [1.29, 1.82) is 0 Å². The Kier molecular flexibility index (Phi) is 2.23. The van der Waals surface area contributed by atoms with E-state index in [-0.39, 0.29) is 16.5 Å². The van der Waals surface area contributed by atoms with E-state index in [1.165, 1.54) is 23.6 Å². The zero-order valence-corrected chi connectivity index (χ0v) is 10.8. The van der Waals surface area contributed by atoms with Gasteiger partial charge in [-0.2, -0.15) is 0 Å². The van der Waals surface area contributed by atoms with Crippen LogP contribution in [0.15, 0.2) is 29.1 Å². The molecule has 0 bridgehead atoms. The van der Waals surface area contributed by atoms with Gasteiger partial charge in [-0.1, -0.05) is 23.7 Å². The highest BCUT2D eigenvalue weighted by Gasteiger charge is 2.46. The second kappa shape index (κ2) is 3.84. The quantitative estimate of drug-likeness (QED) is 0.916. The molecule has 96 valence electrons. The first-order valence-corrected chi connectivity index (χ1v) is 6.65. The molecule has 0 spiro atoms. The number of benzene rings is 1. The van der Waals surface area contributed by atoms with Gasteiger partial charge in [0, 0.05) is 6.07 Å². The summed E-state index contributed by atoms with van der Waals surface area (Å²) in [5.41, 5.74) is 2.28. The standard InChI is InChI=1S/C14H11ClN2O2/c15-13-6-11(18)14(17-16-13)19-12-3-1-2-8-9-4-7(9)5-10(8)12/h1-3,6-7,9H,4-5H2,(H,16,18). The summed E-state index contributed by atoms with van der Waals surface area (Å²) in [4.78, 5) is 11.7. The third kappa shape index (κ3) is 1.75. The highest BCUT2D eigenvalue weighted by atomic mass is 35.5. The Morgan fingerprint density at radius 2 is 2.32 bits per heavy atom. The number of rotatable bonds is 2. The number of aromatic amines is 1. The predicted octanol–water partition coefficient (Wildman–Crippen LogP) is 2.88. The zero-order valence-electron chi connectivity index (χ0n) is 10.0. The largest absolute Gasteiger partial charge is 0.434 e. The van der Waals surface area contributed by atoms with E-state index in [0.717, 1.165) is 18.1 Å². The highest BCUT2D eigenvalue weighted by molar-refractivity contribution is 6.29. The number of ether oxygens (including phenoxy) is 1. The second-order valence-corrected chi connectivity index (χ2v) is 5.52. The van der Waals surface area contributed by atoms with Crippen LogP contribution >= 0.6 is 11.6 Å². The summed E-state index contributed by atoms with van der Waals surface area (Å²) in [5.74, 6) is 2.26. The molecule has 5 heteroatoms. The number of hydrogen-bond acceptors (Lipinski definition) is 3. The summed E-state index contributed by atoms with van der Waals surface area (Å²) >= 11 is 5.67. The van der Waals surface area contributed by atoms with E-state index in [1.54, 1.807) is 0 Å². The van der Waals surface area contributed by atoms with E-state index in [1.807, 2.05) is 12.1 Å². The molecule has 2 unspecified atom stereocenters. The normalized spacial score (nSPS) is 22.8. The molecular weight excluding hydrogens is 264 g/mol. The highest BCUT2D eigenvalue weighted by Crippen LogP contribution is 2.58. The maximum atomic E-state index is 11.7. The third-order valence-electron chi connectivity index (χ3n) is 3.90. The Morgan fingerprint density at radius 1 is 1.42 bits per heavy atom. The maximum absolute atomic E-state index is 11.7. The van der Waals surface area contributed by atoms with E-state index in [2.05, 4.69) is 16.3 Å². The lowest BCUT2D eigenvalue weighted by molar-refractivity contribution is 0.444. The fraction of sp³-hybridized carbons (Fsp3) is 0.286. The van der Waals surface area contributed by atoms with Crippen LogP contribution in [0.1, 0.15) is 23.5 Å². The molecule has 2 aliphatic carbocycles. The van der Waals surface area contributed by atoms with Crippen LogP contribution in [0.2, 0.25) is 5.15 Å². The number of halogens is 1. The Morgan fingerprint density at radius 3 is 3.16 bits per heavy atom. The van der Waals surface area contributed by atoms with Gasteiger partial charge >= 0.3 is 0 Å².